The molecule has 1 aliphatic rings. The Kier molecular flexibility index (Phi) is 8.56. The highest BCUT2D eigenvalue weighted by Crippen LogP contribution is 2.29. The number of halogens is 1. The number of carbonyl (C=O) groups is 2. The molecule has 0 radical (unpaired) electrons. The molecule has 1 aliphatic heterocycles. The first kappa shape index (κ1) is 23.2. The van der Waals surface area contributed by atoms with Crippen LogP contribution in [0, 0.1) is 5.82 Å². The van der Waals surface area contributed by atoms with Crippen LogP contribution in [0.15, 0.2) is 47.6 Å². The van der Waals surface area contributed by atoms with Gasteiger partial charge in [0.2, 0.25) is 0 Å². The second kappa shape index (κ2) is 11.8. The van der Waals surface area contributed by atoms with Gasteiger partial charge < -0.3 is 19.5 Å². The molecule has 1 heterocycles. The first-order valence-electron chi connectivity index (χ1n) is 10.4. The topological polar surface area (TPSA) is 98.2 Å². The first-order valence-corrected chi connectivity index (χ1v) is 10.4. The van der Waals surface area contributed by atoms with Gasteiger partial charge in [-0.15, -0.1) is 0 Å². The monoisotopic (exact) mass is 443 g/mol. The van der Waals surface area contributed by atoms with Crippen LogP contribution in [0.4, 0.5) is 4.39 Å². The Morgan fingerprint density at radius 2 is 1.97 bits per heavy atom. The summed E-state index contributed by atoms with van der Waals surface area (Å²) in [7, 11) is 0. The molecule has 0 unspecified atom stereocenters. The zero-order chi connectivity index (χ0) is 22.8. The largest absolute Gasteiger partial charge is 0.490 e. The molecule has 170 valence electrons. The van der Waals surface area contributed by atoms with E-state index in [1.54, 1.807) is 30.3 Å². The molecule has 2 aromatic carbocycles. The van der Waals surface area contributed by atoms with E-state index in [2.05, 4.69) is 15.8 Å². The number of hydrogen-bond donors (Lipinski definition) is 2. The second-order valence-electron chi connectivity index (χ2n) is 7.10. The van der Waals surface area contributed by atoms with E-state index in [-0.39, 0.29) is 18.5 Å². The van der Waals surface area contributed by atoms with E-state index >= 15 is 0 Å². The molecule has 2 amide bonds. The van der Waals surface area contributed by atoms with Gasteiger partial charge in [0.05, 0.1) is 18.9 Å². The number of hydrazone groups is 1. The molecular weight excluding hydrogens is 417 g/mol. The summed E-state index contributed by atoms with van der Waals surface area (Å²) in [6.07, 6.45) is 3.18. The zero-order valence-electron chi connectivity index (χ0n) is 17.8. The van der Waals surface area contributed by atoms with Crippen LogP contribution in [0.2, 0.25) is 0 Å². The van der Waals surface area contributed by atoms with Crippen molar-refractivity contribution in [2.75, 3.05) is 19.8 Å². The molecule has 0 bridgehead atoms. The Morgan fingerprint density at radius 3 is 2.69 bits per heavy atom. The Bertz CT molecular complexity index is 943. The number of nitrogens with zero attached hydrogens (tertiary/aromatic N) is 1. The predicted octanol–water partition coefficient (Wildman–Crippen LogP) is 2.55. The highest BCUT2D eigenvalue weighted by molar-refractivity contribution is 6.35. The van der Waals surface area contributed by atoms with E-state index in [9.17, 15) is 14.0 Å². The van der Waals surface area contributed by atoms with Gasteiger partial charge in [-0.25, -0.2) is 9.82 Å². The molecule has 0 aliphatic carbocycles. The number of hydrogen-bond acceptors (Lipinski definition) is 6. The Hall–Kier alpha value is -3.46. The number of carbonyl (C=O) groups excluding carboxylic acids is 2. The number of nitrogens with one attached hydrogen (secondary N) is 2. The Balaban J connectivity index is 1.53. The third-order valence-electron chi connectivity index (χ3n) is 4.68. The van der Waals surface area contributed by atoms with Crippen molar-refractivity contribution in [3.05, 3.63) is 59.4 Å². The van der Waals surface area contributed by atoms with Crippen molar-refractivity contribution in [3.8, 4) is 11.5 Å². The normalized spacial score (nSPS) is 15.5. The minimum atomic E-state index is -0.858. The van der Waals surface area contributed by atoms with E-state index in [4.69, 9.17) is 14.2 Å². The molecule has 1 saturated heterocycles. The standard InChI is InChI=1S/C23H26FN3O5/c1-2-30-21-12-17(7-10-20(21)32-15-16-5-8-18(24)9-6-16)13-26-27-23(29)22(28)25-14-19-4-3-11-31-19/h5-10,12-13,19H,2-4,11,14-15H2,1H3,(H,25,28)(H,27,29)/b26-13-/t19-/m0/s1. The predicted molar refractivity (Wildman–Crippen MR) is 116 cm³/mol. The van der Waals surface area contributed by atoms with Crippen LogP contribution in [0.1, 0.15) is 30.9 Å². The fourth-order valence-electron chi connectivity index (χ4n) is 3.04. The maximum atomic E-state index is 13.0. The molecule has 9 heteroatoms. The van der Waals surface area contributed by atoms with Crippen LogP contribution in [0.5, 0.6) is 11.5 Å². The minimum Gasteiger partial charge on any atom is -0.490 e. The number of benzene rings is 2. The summed E-state index contributed by atoms with van der Waals surface area (Å²) in [6, 6.07) is 11.2. The van der Waals surface area contributed by atoms with Gasteiger partial charge in [0.15, 0.2) is 11.5 Å². The molecule has 2 aromatic rings. The average molecular weight is 443 g/mol. The molecule has 0 spiro atoms. The highest BCUT2D eigenvalue weighted by Gasteiger charge is 2.19. The second-order valence-corrected chi connectivity index (χ2v) is 7.10. The summed E-state index contributed by atoms with van der Waals surface area (Å²) < 4.78 is 29.8. The van der Waals surface area contributed by atoms with Crippen LogP contribution in [-0.2, 0) is 20.9 Å². The van der Waals surface area contributed by atoms with E-state index in [1.807, 2.05) is 6.92 Å². The molecular formula is C23H26FN3O5. The van der Waals surface area contributed by atoms with Gasteiger partial charge in [0.1, 0.15) is 12.4 Å². The smallest absolute Gasteiger partial charge is 0.329 e. The number of ether oxygens (including phenoxy) is 3. The van der Waals surface area contributed by atoms with E-state index in [0.717, 1.165) is 18.4 Å². The summed E-state index contributed by atoms with van der Waals surface area (Å²) in [4.78, 5) is 23.7. The van der Waals surface area contributed by atoms with Gasteiger partial charge in [-0.3, -0.25) is 9.59 Å². The van der Waals surface area contributed by atoms with Crippen molar-refractivity contribution in [1.29, 1.82) is 0 Å². The summed E-state index contributed by atoms with van der Waals surface area (Å²) in [6.45, 7) is 3.50. The maximum absolute atomic E-state index is 13.0. The van der Waals surface area contributed by atoms with Gasteiger partial charge in [-0.1, -0.05) is 12.1 Å². The Morgan fingerprint density at radius 1 is 1.16 bits per heavy atom. The molecule has 0 aromatic heterocycles. The Labute approximate surface area is 185 Å². The fraction of sp³-hybridized carbons (Fsp3) is 0.348. The fourth-order valence-corrected chi connectivity index (χ4v) is 3.04. The molecule has 1 atom stereocenters. The zero-order valence-corrected chi connectivity index (χ0v) is 17.8. The van der Waals surface area contributed by atoms with Crippen LogP contribution >= 0.6 is 0 Å². The minimum absolute atomic E-state index is 0.0453. The van der Waals surface area contributed by atoms with Crippen molar-refractivity contribution >= 4 is 18.0 Å². The summed E-state index contributed by atoms with van der Waals surface area (Å²) >= 11 is 0. The lowest BCUT2D eigenvalue weighted by Gasteiger charge is -2.12. The quantitative estimate of drug-likeness (QED) is 0.353. The van der Waals surface area contributed by atoms with Gasteiger partial charge in [0, 0.05) is 13.2 Å². The van der Waals surface area contributed by atoms with Gasteiger partial charge in [-0.05, 0) is 61.2 Å². The van der Waals surface area contributed by atoms with Crippen LogP contribution in [0.3, 0.4) is 0 Å². The van der Waals surface area contributed by atoms with Crippen LogP contribution in [0.25, 0.3) is 0 Å². The highest BCUT2D eigenvalue weighted by atomic mass is 19.1. The lowest BCUT2D eigenvalue weighted by atomic mass is 10.2. The van der Waals surface area contributed by atoms with Crippen molar-refractivity contribution in [1.82, 2.24) is 10.7 Å². The van der Waals surface area contributed by atoms with Crippen LogP contribution in [-0.4, -0.2) is 43.9 Å². The summed E-state index contributed by atoms with van der Waals surface area (Å²) in [5.74, 6) is -0.911. The molecule has 0 saturated carbocycles. The maximum Gasteiger partial charge on any atom is 0.329 e. The summed E-state index contributed by atoms with van der Waals surface area (Å²) in [5.41, 5.74) is 3.66. The number of rotatable bonds is 9. The van der Waals surface area contributed by atoms with Gasteiger partial charge >= 0.3 is 11.8 Å². The van der Waals surface area contributed by atoms with E-state index in [1.165, 1.54) is 18.3 Å². The van der Waals surface area contributed by atoms with Gasteiger partial charge in [-0.2, -0.15) is 5.10 Å². The van der Waals surface area contributed by atoms with Crippen molar-refractivity contribution in [2.24, 2.45) is 5.10 Å². The van der Waals surface area contributed by atoms with Gasteiger partial charge in [0.25, 0.3) is 0 Å². The van der Waals surface area contributed by atoms with E-state index < -0.39 is 11.8 Å². The van der Waals surface area contributed by atoms with Crippen molar-refractivity contribution in [2.45, 2.75) is 32.5 Å². The van der Waals surface area contributed by atoms with E-state index in [0.29, 0.717) is 36.8 Å². The average Bonchev–Trinajstić information content (AvgIpc) is 3.32. The molecule has 32 heavy (non-hydrogen) atoms. The lowest BCUT2D eigenvalue weighted by Crippen LogP contribution is -2.41. The molecule has 3 rings (SSSR count). The third kappa shape index (κ3) is 7.05. The molecule has 8 nitrogen and oxygen atoms in total. The summed E-state index contributed by atoms with van der Waals surface area (Å²) in [5, 5.41) is 6.36. The molecule has 1 fully saturated rings. The van der Waals surface area contributed by atoms with Crippen molar-refractivity contribution in [3.63, 3.8) is 0 Å². The van der Waals surface area contributed by atoms with Crippen molar-refractivity contribution < 1.29 is 28.2 Å². The lowest BCUT2D eigenvalue weighted by molar-refractivity contribution is -0.139. The van der Waals surface area contributed by atoms with Crippen LogP contribution < -0.4 is 20.2 Å². The number of amides is 2. The molecule has 2 N–H and O–H groups in total. The SMILES string of the molecule is CCOc1cc(/C=N\NC(=O)C(=O)NC[C@@H]2CCCO2)ccc1OCc1ccc(F)cc1. The first-order chi connectivity index (χ1) is 15.5. The third-order valence-corrected chi connectivity index (χ3v) is 4.68.